The highest BCUT2D eigenvalue weighted by molar-refractivity contribution is 5.98. The molecule has 0 saturated carbocycles. The Hall–Kier alpha value is -3.32. The van der Waals surface area contributed by atoms with Crippen LogP contribution in [-0.2, 0) is 19.1 Å². The Balaban J connectivity index is 2.11. The number of carbonyl (C=O) groups excluding carboxylic acids is 3. The van der Waals surface area contributed by atoms with E-state index < -0.39 is 42.3 Å². The van der Waals surface area contributed by atoms with E-state index in [0.29, 0.717) is 5.56 Å². The Morgan fingerprint density at radius 3 is 1.76 bits per heavy atom. The molecule has 1 N–H and O–H groups in total. The van der Waals surface area contributed by atoms with Gasteiger partial charge < -0.3 is 14.6 Å². The van der Waals surface area contributed by atoms with Crippen LogP contribution >= 0.6 is 0 Å². The lowest BCUT2D eigenvalue weighted by atomic mass is 10.1. The number of carbonyl (C=O) groups is 4. The number of rotatable bonds is 9. The maximum Gasteiger partial charge on any atom is 0.348 e. The van der Waals surface area contributed by atoms with Crippen LogP contribution in [0.25, 0.3) is 0 Å². The van der Waals surface area contributed by atoms with Crippen LogP contribution in [-0.4, -0.2) is 47.4 Å². The largest absolute Gasteiger partial charge is 0.478 e. The van der Waals surface area contributed by atoms with Crippen LogP contribution < -0.4 is 0 Å². The van der Waals surface area contributed by atoms with Gasteiger partial charge in [-0.05, 0) is 32.9 Å². The first kappa shape index (κ1) is 22.0. The van der Waals surface area contributed by atoms with Gasteiger partial charge in [-0.15, -0.1) is 0 Å². The van der Waals surface area contributed by atoms with Gasteiger partial charge in [0.05, 0.1) is 5.56 Å². The highest BCUT2D eigenvalue weighted by atomic mass is 16.6. The van der Waals surface area contributed by atoms with E-state index in [1.165, 1.54) is 12.1 Å². The van der Waals surface area contributed by atoms with Gasteiger partial charge in [0, 0.05) is 5.56 Å². The minimum atomic E-state index is -1.88. The van der Waals surface area contributed by atoms with Crippen molar-refractivity contribution >= 4 is 23.5 Å². The van der Waals surface area contributed by atoms with Crippen LogP contribution in [0.4, 0.5) is 0 Å². The summed E-state index contributed by atoms with van der Waals surface area (Å²) in [6, 6.07) is 13.0. The van der Waals surface area contributed by atoms with Crippen LogP contribution in [0.2, 0.25) is 0 Å². The van der Waals surface area contributed by atoms with Crippen molar-refractivity contribution in [2.75, 3.05) is 6.61 Å². The van der Waals surface area contributed by atoms with E-state index in [2.05, 4.69) is 0 Å². The molecular formula is C22H22O7. The summed E-state index contributed by atoms with van der Waals surface area (Å²) in [7, 11) is 0. The quantitative estimate of drug-likeness (QED) is 0.511. The van der Waals surface area contributed by atoms with Crippen molar-refractivity contribution in [1.82, 2.24) is 0 Å². The van der Waals surface area contributed by atoms with Gasteiger partial charge in [0.15, 0.2) is 17.7 Å². The van der Waals surface area contributed by atoms with Crippen molar-refractivity contribution in [1.29, 1.82) is 0 Å². The molecule has 7 heteroatoms. The molecule has 7 nitrogen and oxygen atoms in total. The van der Waals surface area contributed by atoms with E-state index in [1.807, 2.05) is 13.8 Å². The fraction of sp³-hybridized carbons (Fsp3) is 0.273. The Bertz CT molecular complexity index is 898. The van der Waals surface area contributed by atoms with Gasteiger partial charge in [0.25, 0.3) is 0 Å². The van der Waals surface area contributed by atoms with Crippen LogP contribution in [0.3, 0.4) is 0 Å². The SMILES string of the molecule is CC(=O)[C@@H](OCC(=O)c1ccc(C)cc1)[C@H](OC(=O)c1ccc(C)cc1)C(=O)O. The summed E-state index contributed by atoms with van der Waals surface area (Å²) in [5.74, 6) is -3.55. The summed E-state index contributed by atoms with van der Waals surface area (Å²) in [5.41, 5.74) is 2.38. The smallest absolute Gasteiger partial charge is 0.348 e. The second kappa shape index (κ2) is 9.75. The zero-order valence-electron chi connectivity index (χ0n) is 16.4. The molecule has 2 rings (SSSR count). The molecular weight excluding hydrogens is 376 g/mol. The third-order valence-electron chi connectivity index (χ3n) is 4.21. The van der Waals surface area contributed by atoms with Gasteiger partial charge in [-0.1, -0.05) is 47.5 Å². The number of carboxylic acid groups (broad SMARTS) is 1. The fourth-order valence-corrected chi connectivity index (χ4v) is 2.52. The first-order valence-electron chi connectivity index (χ1n) is 8.91. The van der Waals surface area contributed by atoms with E-state index in [4.69, 9.17) is 9.47 Å². The number of ether oxygens (including phenoxy) is 2. The second-order valence-electron chi connectivity index (χ2n) is 6.66. The lowest BCUT2D eigenvalue weighted by Gasteiger charge is -2.22. The molecule has 29 heavy (non-hydrogen) atoms. The highest BCUT2D eigenvalue weighted by Crippen LogP contribution is 2.13. The first-order chi connectivity index (χ1) is 13.7. The minimum Gasteiger partial charge on any atom is -0.478 e. The van der Waals surface area contributed by atoms with E-state index in [0.717, 1.165) is 18.1 Å². The van der Waals surface area contributed by atoms with Gasteiger partial charge in [0.1, 0.15) is 6.61 Å². The highest BCUT2D eigenvalue weighted by Gasteiger charge is 2.37. The number of carboxylic acids is 1. The van der Waals surface area contributed by atoms with Gasteiger partial charge in [-0.2, -0.15) is 0 Å². The lowest BCUT2D eigenvalue weighted by molar-refractivity contribution is -0.160. The average molecular weight is 398 g/mol. The van der Waals surface area contributed by atoms with Crippen molar-refractivity contribution < 1.29 is 33.8 Å². The van der Waals surface area contributed by atoms with Gasteiger partial charge >= 0.3 is 11.9 Å². The van der Waals surface area contributed by atoms with Crippen molar-refractivity contribution in [3.63, 3.8) is 0 Å². The standard InChI is InChI=1S/C22H22O7/c1-13-4-8-16(9-5-13)18(24)12-28-19(15(3)23)20(21(25)26)29-22(27)17-10-6-14(2)7-11-17/h4-11,19-20H,12H2,1-3H3,(H,25,26)/t19-,20+/m1/s1. The van der Waals surface area contributed by atoms with Crippen molar-refractivity contribution in [2.45, 2.75) is 33.0 Å². The molecule has 0 amide bonds. The topological polar surface area (TPSA) is 107 Å². The third-order valence-corrected chi connectivity index (χ3v) is 4.21. The summed E-state index contributed by atoms with van der Waals surface area (Å²) in [6.45, 7) is 4.28. The molecule has 0 bridgehead atoms. The van der Waals surface area contributed by atoms with Crippen molar-refractivity contribution in [3.05, 3.63) is 70.8 Å². The zero-order valence-corrected chi connectivity index (χ0v) is 16.4. The first-order valence-corrected chi connectivity index (χ1v) is 8.91. The molecule has 0 unspecified atom stereocenters. The fourth-order valence-electron chi connectivity index (χ4n) is 2.52. The molecule has 0 fully saturated rings. The maximum atomic E-state index is 12.3. The van der Waals surface area contributed by atoms with E-state index in [9.17, 15) is 24.3 Å². The molecule has 0 aliphatic rings. The number of esters is 1. The third kappa shape index (κ3) is 6.08. The Kier molecular flexibility index (Phi) is 7.39. The number of hydrogen-bond acceptors (Lipinski definition) is 6. The molecule has 0 aromatic heterocycles. The van der Waals surface area contributed by atoms with E-state index in [1.54, 1.807) is 36.4 Å². The van der Waals surface area contributed by atoms with E-state index in [-0.39, 0.29) is 5.56 Å². The van der Waals surface area contributed by atoms with Crippen LogP contribution in [0.15, 0.2) is 48.5 Å². The summed E-state index contributed by atoms with van der Waals surface area (Å²) in [6.07, 6.45) is -3.50. The lowest BCUT2D eigenvalue weighted by Crippen LogP contribution is -2.44. The Morgan fingerprint density at radius 1 is 0.828 bits per heavy atom. The van der Waals surface area contributed by atoms with Crippen LogP contribution in [0.5, 0.6) is 0 Å². The van der Waals surface area contributed by atoms with Crippen LogP contribution in [0.1, 0.15) is 38.8 Å². The summed E-state index contributed by atoms with van der Waals surface area (Å²) >= 11 is 0. The Morgan fingerprint density at radius 2 is 1.31 bits per heavy atom. The molecule has 152 valence electrons. The molecule has 0 saturated heterocycles. The normalized spacial score (nSPS) is 12.7. The number of aliphatic carboxylic acids is 1. The number of benzene rings is 2. The van der Waals surface area contributed by atoms with Gasteiger partial charge in [-0.3, -0.25) is 9.59 Å². The predicted molar refractivity (Wildman–Crippen MR) is 104 cm³/mol. The summed E-state index contributed by atoms with van der Waals surface area (Å²) in [4.78, 5) is 48.1. The summed E-state index contributed by atoms with van der Waals surface area (Å²) in [5, 5.41) is 9.45. The van der Waals surface area contributed by atoms with Gasteiger partial charge in [-0.25, -0.2) is 9.59 Å². The molecule has 0 aliphatic carbocycles. The van der Waals surface area contributed by atoms with Crippen LogP contribution in [0, 0.1) is 13.8 Å². The second-order valence-corrected chi connectivity index (χ2v) is 6.66. The van der Waals surface area contributed by atoms with E-state index >= 15 is 0 Å². The summed E-state index contributed by atoms with van der Waals surface area (Å²) < 4.78 is 10.3. The molecule has 2 aromatic carbocycles. The number of Topliss-reactive ketones (excluding diaryl/α,β-unsaturated/α-hetero) is 2. The number of aryl methyl sites for hydroxylation is 2. The predicted octanol–water partition coefficient (Wildman–Crippen LogP) is 2.77. The number of ketones is 2. The molecule has 2 atom stereocenters. The molecule has 0 radical (unpaired) electrons. The molecule has 2 aromatic rings. The van der Waals surface area contributed by atoms with Crippen molar-refractivity contribution in [2.24, 2.45) is 0 Å². The van der Waals surface area contributed by atoms with Gasteiger partial charge in [0.2, 0.25) is 6.10 Å². The molecule has 0 spiro atoms. The Labute approximate surface area is 168 Å². The number of hydrogen-bond donors (Lipinski definition) is 1. The average Bonchev–Trinajstić information content (AvgIpc) is 2.67. The molecule has 0 heterocycles. The molecule has 0 aliphatic heterocycles. The maximum absolute atomic E-state index is 12.3. The minimum absolute atomic E-state index is 0.139. The zero-order chi connectivity index (χ0) is 21.6. The monoisotopic (exact) mass is 398 g/mol. The van der Waals surface area contributed by atoms with Crippen molar-refractivity contribution in [3.8, 4) is 0 Å².